The molecule has 3 aromatic rings. The summed E-state index contributed by atoms with van der Waals surface area (Å²) in [4.78, 5) is 3.24. The number of rotatable bonds is 2. The van der Waals surface area contributed by atoms with Crippen molar-refractivity contribution in [2.45, 2.75) is 13.8 Å². The summed E-state index contributed by atoms with van der Waals surface area (Å²) in [5.74, 6) is 0.803. The highest BCUT2D eigenvalue weighted by molar-refractivity contribution is 7.71. The maximum absolute atomic E-state index is 5.50. The molecule has 2 aromatic carbocycles. The van der Waals surface area contributed by atoms with Gasteiger partial charge >= 0.3 is 0 Å². The summed E-state index contributed by atoms with van der Waals surface area (Å²) in [6.45, 7) is 4.23. The zero-order valence-electron chi connectivity index (χ0n) is 11.7. The predicted octanol–water partition coefficient (Wildman–Crippen LogP) is 4.31. The number of aryl methyl sites for hydroxylation is 1. The molecule has 0 radical (unpaired) electrons. The lowest BCUT2D eigenvalue weighted by Crippen LogP contribution is -1.98. The van der Waals surface area contributed by atoms with Crippen LogP contribution in [0.3, 0.4) is 0 Å². The van der Waals surface area contributed by atoms with Crippen molar-refractivity contribution in [3.05, 3.63) is 52.3 Å². The molecule has 0 amide bonds. The van der Waals surface area contributed by atoms with Crippen LogP contribution in [0, 0.1) is 18.6 Å². The number of hydrogen-bond acceptors (Lipinski definition) is 2. The molecule has 0 aliphatic rings. The first-order valence-corrected chi connectivity index (χ1v) is 6.88. The number of imidazole rings is 1. The number of ether oxygens (including phenoxy) is 1. The lowest BCUT2D eigenvalue weighted by Gasteiger charge is -2.11. The van der Waals surface area contributed by atoms with Gasteiger partial charge in [-0.15, -0.1) is 0 Å². The molecule has 0 spiro atoms. The molecule has 0 bridgehead atoms. The van der Waals surface area contributed by atoms with Crippen molar-refractivity contribution < 1.29 is 4.74 Å². The molecular weight excluding hydrogens is 268 g/mol. The van der Waals surface area contributed by atoms with Crippen molar-refractivity contribution in [2.24, 2.45) is 0 Å². The van der Waals surface area contributed by atoms with Gasteiger partial charge in [-0.25, -0.2) is 0 Å². The number of nitrogens with zero attached hydrogens (tertiary/aromatic N) is 1. The van der Waals surface area contributed by atoms with Crippen LogP contribution >= 0.6 is 12.2 Å². The van der Waals surface area contributed by atoms with Crippen LogP contribution in [0.2, 0.25) is 0 Å². The van der Waals surface area contributed by atoms with Crippen molar-refractivity contribution in [1.82, 2.24) is 9.55 Å². The molecule has 0 saturated carbocycles. The molecule has 1 heterocycles. The Morgan fingerprint density at radius 3 is 2.60 bits per heavy atom. The molecule has 0 aliphatic heterocycles. The van der Waals surface area contributed by atoms with Crippen molar-refractivity contribution in [2.75, 3.05) is 7.11 Å². The monoisotopic (exact) mass is 284 g/mol. The minimum atomic E-state index is 0.679. The Bertz CT molecular complexity index is 845. The van der Waals surface area contributed by atoms with Gasteiger partial charge in [-0.1, -0.05) is 18.2 Å². The third-order valence-corrected chi connectivity index (χ3v) is 4.00. The Kier molecular flexibility index (Phi) is 3.10. The van der Waals surface area contributed by atoms with Gasteiger partial charge in [0.2, 0.25) is 0 Å². The summed E-state index contributed by atoms with van der Waals surface area (Å²) in [6.07, 6.45) is 0. The number of H-pyrrole nitrogens is 1. The van der Waals surface area contributed by atoms with Crippen molar-refractivity contribution in [3.63, 3.8) is 0 Å². The Labute approximate surface area is 122 Å². The van der Waals surface area contributed by atoms with Crippen LogP contribution < -0.4 is 4.74 Å². The molecule has 3 rings (SSSR count). The highest BCUT2D eigenvalue weighted by Crippen LogP contribution is 2.28. The zero-order valence-corrected chi connectivity index (χ0v) is 12.5. The highest BCUT2D eigenvalue weighted by atomic mass is 32.1. The molecule has 0 atom stereocenters. The number of fused-ring (bicyclic) bond motifs is 1. The second-order valence-corrected chi connectivity index (χ2v) is 5.23. The molecule has 0 unspecified atom stereocenters. The summed E-state index contributed by atoms with van der Waals surface area (Å²) in [5.41, 5.74) is 5.55. The van der Waals surface area contributed by atoms with Crippen LogP contribution in [0.1, 0.15) is 11.1 Å². The Hall–Kier alpha value is -2.07. The number of nitrogens with one attached hydrogen (secondary N) is 1. The number of aromatic amines is 1. The van der Waals surface area contributed by atoms with Gasteiger partial charge in [0.15, 0.2) is 4.77 Å². The molecule has 4 heteroatoms. The zero-order chi connectivity index (χ0) is 14.3. The molecule has 1 N–H and O–H groups in total. The third-order valence-electron chi connectivity index (χ3n) is 3.72. The van der Waals surface area contributed by atoms with E-state index in [0.29, 0.717) is 4.77 Å². The quantitative estimate of drug-likeness (QED) is 0.710. The van der Waals surface area contributed by atoms with Gasteiger partial charge in [0.25, 0.3) is 0 Å². The van der Waals surface area contributed by atoms with Gasteiger partial charge in [-0.2, -0.15) is 0 Å². The Morgan fingerprint density at radius 2 is 1.85 bits per heavy atom. The first kappa shape index (κ1) is 12.9. The summed E-state index contributed by atoms with van der Waals surface area (Å²) >= 11 is 5.50. The lowest BCUT2D eigenvalue weighted by atomic mass is 10.1. The van der Waals surface area contributed by atoms with Gasteiger partial charge in [0.1, 0.15) is 11.3 Å². The molecule has 3 nitrogen and oxygen atoms in total. The van der Waals surface area contributed by atoms with Crippen LogP contribution in [0.4, 0.5) is 0 Å². The SMILES string of the molecule is COc1cccc2c1[nH]c(=S)n2-c1cccc(C)c1C. The fraction of sp³-hybridized carbons (Fsp3) is 0.188. The normalized spacial score (nSPS) is 10.9. The Morgan fingerprint density at radius 1 is 1.10 bits per heavy atom. The Balaban J connectivity index is 2.40. The van der Waals surface area contributed by atoms with E-state index in [1.54, 1.807) is 7.11 Å². The fourth-order valence-corrected chi connectivity index (χ4v) is 2.79. The smallest absolute Gasteiger partial charge is 0.182 e. The van der Waals surface area contributed by atoms with Gasteiger partial charge in [0, 0.05) is 0 Å². The summed E-state index contributed by atoms with van der Waals surface area (Å²) in [6, 6.07) is 12.2. The number of hydrogen-bond donors (Lipinski definition) is 1. The van der Waals surface area contributed by atoms with Crippen molar-refractivity contribution in [3.8, 4) is 11.4 Å². The molecule has 0 fully saturated rings. The number of benzene rings is 2. The van der Waals surface area contributed by atoms with E-state index in [-0.39, 0.29) is 0 Å². The van der Waals surface area contributed by atoms with E-state index < -0.39 is 0 Å². The third kappa shape index (κ3) is 1.84. The largest absolute Gasteiger partial charge is 0.494 e. The van der Waals surface area contributed by atoms with E-state index in [2.05, 4.69) is 41.6 Å². The predicted molar refractivity (Wildman–Crippen MR) is 84.5 cm³/mol. The topological polar surface area (TPSA) is 29.9 Å². The average Bonchev–Trinajstić information content (AvgIpc) is 2.78. The van der Waals surface area contributed by atoms with Crippen LogP contribution in [-0.2, 0) is 0 Å². The maximum Gasteiger partial charge on any atom is 0.182 e. The second-order valence-electron chi connectivity index (χ2n) is 4.84. The molecule has 1 aromatic heterocycles. The fourth-order valence-electron chi connectivity index (χ4n) is 2.49. The van der Waals surface area contributed by atoms with E-state index in [1.807, 2.05) is 18.2 Å². The molecule has 102 valence electrons. The van der Waals surface area contributed by atoms with Gasteiger partial charge < -0.3 is 9.72 Å². The van der Waals surface area contributed by atoms with E-state index in [4.69, 9.17) is 17.0 Å². The average molecular weight is 284 g/mol. The van der Waals surface area contributed by atoms with Crippen LogP contribution in [-0.4, -0.2) is 16.7 Å². The summed E-state index contributed by atoms with van der Waals surface area (Å²) in [7, 11) is 1.67. The first-order chi connectivity index (χ1) is 9.63. The van der Waals surface area contributed by atoms with E-state index in [0.717, 1.165) is 22.5 Å². The highest BCUT2D eigenvalue weighted by Gasteiger charge is 2.12. The van der Waals surface area contributed by atoms with Crippen molar-refractivity contribution in [1.29, 1.82) is 0 Å². The van der Waals surface area contributed by atoms with Crippen LogP contribution in [0.25, 0.3) is 16.7 Å². The summed E-state index contributed by atoms with van der Waals surface area (Å²) < 4.78 is 8.14. The maximum atomic E-state index is 5.50. The number of aromatic nitrogens is 2. The molecule has 20 heavy (non-hydrogen) atoms. The van der Waals surface area contributed by atoms with E-state index in [1.165, 1.54) is 11.1 Å². The number of methoxy groups -OCH3 is 1. The van der Waals surface area contributed by atoms with E-state index >= 15 is 0 Å². The minimum Gasteiger partial charge on any atom is -0.494 e. The first-order valence-electron chi connectivity index (χ1n) is 6.48. The van der Waals surface area contributed by atoms with Gasteiger partial charge in [-0.3, -0.25) is 4.57 Å². The number of para-hydroxylation sites is 1. The minimum absolute atomic E-state index is 0.679. The van der Waals surface area contributed by atoms with Crippen LogP contribution in [0.15, 0.2) is 36.4 Å². The second kappa shape index (κ2) is 4.80. The van der Waals surface area contributed by atoms with Crippen molar-refractivity contribution >= 4 is 23.3 Å². The van der Waals surface area contributed by atoms with Gasteiger partial charge in [0.05, 0.1) is 18.3 Å². The van der Waals surface area contributed by atoms with Crippen LogP contribution in [0.5, 0.6) is 5.75 Å². The summed E-state index contributed by atoms with van der Waals surface area (Å²) in [5, 5.41) is 0. The lowest BCUT2D eigenvalue weighted by molar-refractivity contribution is 0.419. The van der Waals surface area contributed by atoms with Gasteiger partial charge in [-0.05, 0) is 55.4 Å². The van der Waals surface area contributed by atoms with E-state index in [9.17, 15) is 0 Å². The standard InChI is InChI=1S/C16H16N2OS/c1-10-6-4-7-12(11(10)2)18-13-8-5-9-14(19-3)15(13)17-16(18)20/h4-9H,1-3H3,(H,17,20). The molecular formula is C16H16N2OS. The molecule has 0 aliphatic carbocycles. The molecule has 0 saturated heterocycles.